The highest BCUT2D eigenvalue weighted by Crippen LogP contribution is 2.27. The Labute approximate surface area is 134 Å². The molecule has 4 nitrogen and oxygen atoms in total. The number of rotatable bonds is 6. The van der Waals surface area contributed by atoms with Gasteiger partial charge < -0.3 is 5.32 Å². The maximum atomic E-state index is 4.21. The SMILES string of the molecule is CCCn1nncc1C(NCC)c1cccc(C)c1I. The van der Waals surface area contributed by atoms with Crippen LogP contribution in [0, 0.1) is 10.5 Å². The summed E-state index contributed by atoms with van der Waals surface area (Å²) in [5.74, 6) is 0. The highest BCUT2D eigenvalue weighted by Gasteiger charge is 2.20. The molecule has 0 aliphatic rings. The molecular weight excluding hydrogens is 363 g/mol. The van der Waals surface area contributed by atoms with Crippen LogP contribution in [0.2, 0.25) is 0 Å². The standard InChI is InChI=1S/C15H21IN4/c1-4-9-20-13(10-18-19-20)15(17-5-2)12-8-6-7-11(3)14(12)16/h6-8,10,15,17H,4-5,9H2,1-3H3. The molecule has 2 rings (SSSR count). The monoisotopic (exact) mass is 384 g/mol. The maximum absolute atomic E-state index is 4.21. The summed E-state index contributed by atoms with van der Waals surface area (Å²) in [6.45, 7) is 8.25. The van der Waals surface area contributed by atoms with Gasteiger partial charge in [-0.1, -0.05) is 37.3 Å². The Morgan fingerprint density at radius 2 is 2.15 bits per heavy atom. The zero-order valence-electron chi connectivity index (χ0n) is 12.2. The van der Waals surface area contributed by atoms with Crippen LogP contribution in [-0.2, 0) is 6.54 Å². The number of hydrogen-bond donors (Lipinski definition) is 1. The van der Waals surface area contributed by atoms with E-state index in [-0.39, 0.29) is 6.04 Å². The number of halogens is 1. The smallest absolute Gasteiger partial charge is 0.0802 e. The minimum Gasteiger partial charge on any atom is -0.305 e. The molecule has 0 bridgehead atoms. The minimum absolute atomic E-state index is 0.147. The quantitative estimate of drug-likeness (QED) is 0.778. The van der Waals surface area contributed by atoms with Gasteiger partial charge in [-0.25, -0.2) is 4.68 Å². The summed E-state index contributed by atoms with van der Waals surface area (Å²) in [6, 6.07) is 6.60. The highest BCUT2D eigenvalue weighted by atomic mass is 127. The summed E-state index contributed by atoms with van der Waals surface area (Å²) in [5.41, 5.74) is 3.74. The molecule has 0 radical (unpaired) electrons. The molecule has 0 fully saturated rings. The third-order valence-electron chi connectivity index (χ3n) is 3.32. The van der Waals surface area contributed by atoms with Gasteiger partial charge in [0.1, 0.15) is 0 Å². The topological polar surface area (TPSA) is 42.7 Å². The van der Waals surface area contributed by atoms with E-state index in [9.17, 15) is 0 Å². The van der Waals surface area contributed by atoms with E-state index in [0.717, 1.165) is 25.2 Å². The van der Waals surface area contributed by atoms with E-state index in [1.807, 2.05) is 10.9 Å². The average Bonchev–Trinajstić information content (AvgIpc) is 2.88. The van der Waals surface area contributed by atoms with Gasteiger partial charge in [-0.3, -0.25) is 0 Å². The van der Waals surface area contributed by atoms with E-state index in [0.29, 0.717) is 0 Å². The van der Waals surface area contributed by atoms with E-state index in [2.05, 4.69) is 77.2 Å². The molecule has 1 atom stereocenters. The van der Waals surface area contributed by atoms with Gasteiger partial charge in [0, 0.05) is 10.1 Å². The number of nitrogens with one attached hydrogen (secondary N) is 1. The molecule has 0 aliphatic heterocycles. The van der Waals surface area contributed by atoms with Crippen LogP contribution in [0.25, 0.3) is 0 Å². The summed E-state index contributed by atoms with van der Waals surface area (Å²) < 4.78 is 3.31. The molecule has 0 amide bonds. The Hall–Kier alpha value is -0.950. The van der Waals surface area contributed by atoms with Gasteiger partial charge >= 0.3 is 0 Å². The lowest BCUT2D eigenvalue weighted by molar-refractivity contribution is 0.510. The van der Waals surface area contributed by atoms with Crippen molar-refractivity contribution in [1.29, 1.82) is 0 Å². The van der Waals surface area contributed by atoms with E-state index in [4.69, 9.17) is 0 Å². The van der Waals surface area contributed by atoms with Crippen LogP contribution in [0.3, 0.4) is 0 Å². The molecule has 108 valence electrons. The van der Waals surface area contributed by atoms with Crippen LogP contribution in [0.1, 0.15) is 43.1 Å². The van der Waals surface area contributed by atoms with Gasteiger partial charge in [-0.15, -0.1) is 5.10 Å². The first-order chi connectivity index (χ1) is 9.69. The molecule has 1 heterocycles. The molecule has 20 heavy (non-hydrogen) atoms. The van der Waals surface area contributed by atoms with Crippen LogP contribution in [0.5, 0.6) is 0 Å². The van der Waals surface area contributed by atoms with Crippen molar-refractivity contribution >= 4 is 22.6 Å². The lowest BCUT2D eigenvalue weighted by Crippen LogP contribution is -2.26. The molecule has 0 aliphatic carbocycles. The largest absolute Gasteiger partial charge is 0.305 e. The van der Waals surface area contributed by atoms with Crippen molar-refractivity contribution in [3.63, 3.8) is 0 Å². The Balaban J connectivity index is 2.45. The average molecular weight is 384 g/mol. The first-order valence-electron chi connectivity index (χ1n) is 7.05. The normalized spacial score (nSPS) is 12.6. The lowest BCUT2D eigenvalue weighted by atomic mass is 10.0. The number of hydrogen-bond acceptors (Lipinski definition) is 3. The van der Waals surface area contributed by atoms with Crippen molar-refractivity contribution < 1.29 is 0 Å². The molecule has 1 N–H and O–H groups in total. The van der Waals surface area contributed by atoms with Crippen molar-refractivity contribution in [2.24, 2.45) is 0 Å². The third kappa shape index (κ3) is 3.20. The van der Waals surface area contributed by atoms with E-state index in [1.165, 1.54) is 14.7 Å². The fraction of sp³-hybridized carbons (Fsp3) is 0.467. The van der Waals surface area contributed by atoms with Crippen molar-refractivity contribution in [2.75, 3.05) is 6.54 Å². The van der Waals surface area contributed by atoms with E-state index < -0.39 is 0 Å². The Kier molecular flexibility index (Phi) is 5.54. The van der Waals surface area contributed by atoms with Crippen molar-refractivity contribution in [2.45, 2.75) is 39.8 Å². The van der Waals surface area contributed by atoms with Crippen molar-refractivity contribution in [3.8, 4) is 0 Å². The van der Waals surface area contributed by atoms with E-state index in [1.54, 1.807) is 0 Å². The van der Waals surface area contributed by atoms with Gasteiger partial charge in [0.25, 0.3) is 0 Å². The van der Waals surface area contributed by atoms with Crippen LogP contribution >= 0.6 is 22.6 Å². The molecule has 0 saturated carbocycles. The van der Waals surface area contributed by atoms with Gasteiger partial charge in [-0.2, -0.15) is 0 Å². The van der Waals surface area contributed by atoms with Gasteiger partial charge in [0.05, 0.1) is 17.9 Å². The summed E-state index contributed by atoms with van der Waals surface area (Å²) in [4.78, 5) is 0. The zero-order chi connectivity index (χ0) is 14.5. The third-order valence-corrected chi connectivity index (χ3v) is 4.79. The van der Waals surface area contributed by atoms with Gasteiger partial charge in [0.15, 0.2) is 0 Å². The van der Waals surface area contributed by atoms with Crippen LogP contribution < -0.4 is 5.32 Å². The summed E-state index contributed by atoms with van der Waals surface area (Å²) in [6.07, 6.45) is 2.93. The van der Waals surface area contributed by atoms with Crippen molar-refractivity contribution in [3.05, 3.63) is 44.8 Å². The molecule has 1 unspecified atom stereocenters. The predicted molar refractivity (Wildman–Crippen MR) is 89.7 cm³/mol. The number of benzene rings is 1. The molecule has 2 aromatic rings. The lowest BCUT2D eigenvalue weighted by Gasteiger charge is -2.21. The summed E-state index contributed by atoms with van der Waals surface area (Å²) in [7, 11) is 0. The number of aromatic nitrogens is 3. The fourth-order valence-electron chi connectivity index (χ4n) is 2.35. The minimum atomic E-state index is 0.147. The Bertz CT molecular complexity index is 565. The zero-order valence-corrected chi connectivity index (χ0v) is 14.4. The van der Waals surface area contributed by atoms with Crippen molar-refractivity contribution in [1.82, 2.24) is 20.3 Å². The maximum Gasteiger partial charge on any atom is 0.0802 e. The van der Waals surface area contributed by atoms with Crippen LogP contribution in [0.4, 0.5) is 0 Å². The molecule has 0 spiro atoms. The van der Waals surface area contributed by atoms with Crippen LogP contribution in [-0.4, -0.2) is 21.5 Å². The predicted octanol–water partition coefficient (Wildman–Crippen LogP) is 3.30. The molecule has 5 heteroatoms. The van der Waals surface area contributed by atoms with Crippen LogP contribution in [0.15, 0.2) is 24.4 Å². The fourth-order valence-corrected chi connectivity index (χ4v) is 3.02. The second-order valence-electron chi connectivity index (χ2n) is 4.85. The van der Waals surface area contributed by atoms with Gasteiger partial charge in [-0.05, 0) is 53.6 Å². The molecular formula is C15H21IN4. The second-order valence-corrected chi connectivity index (χ2v) is 5.93. The molecule has 1 aromatic heterocycles. The molecule has 1 aromatic carbocycles. The number of nitrogens with zero attached hydrogens (tertiary/aromatic N) is 3. The first kappa shape index (κ1) is 15.4. The number of aryl methyl sites for hydroxylation is 2. The Morgan fingerprint density at radius 3 is 2.85 bits per heavy atom. The summed E-state index contributed by atoms with van der Waals surface area (Å²) >= 11 is 2.43. The highest BCUT2D eigenvalue weighted by molar-refractivity contribution is 14.1. The summed E-state index contributed by atoms with van der Waals surface area (Å²) in [5, 5.41) is 11.9. The van der Waals surface area contributed by atoms with Gasteiger partial charge in [0.2, 0.25) is 0 Å². The van der Waals surface area contributed by atoms with E-state index >= 15 is 0 Å². The second kappa shape index (κ2) is 7.17. The first-order valence-corrected chi connectivity index (χ1v) is 8.13. The Morgan fingerprint density at radius 1 is 1.35 bits per heavy atom. The molecule has 0 saturated heterocycles.